The fourth-order valence-electron chi connectivity index (χ4n) is 5.44. The molecule has 0 aliphatic heterocycles. The van der Waals surface area contributed by atoms with Crippen molar-refractivity contribution in [1.29, 1.82) is 0 Å². The molecular formula is C38H34N6O6S. The Morgan fingerprint density at radius 1 is 0.745 bits per heavy atom. The van der Waals surface area contributed by atoms with E-state index in [4.69, 9.17) is 0 Å². The molecule has 0 bridgehead atoms. The molecule has 4 aromatic carbocycles. The van der Waals surface area contributed by atoms with Crippen molar-refractivity contribution in [2.45, 2.75) is 30.6 Å². The van der Waals surface area contributed by atoms with Crippen LogP contribution in [0.5, 0.6) is 0 Å². The third kappa shape index (κ3) is 8.28. The number of fused-ring (bicyclic) bond motifs is 1. The molecule has 0 unspecified atom stereocenters. The number of ether oxygens (including phenoxy) is 1. The predicted octanol–water partition coefficient (Wildman–Crippen LogP) is 7.00. The molecule has 0 fully saturated rings. The third-order valence-corrected chi connectivity index (χ3v) is 9.70. The van der Waals surface area contributed by atoms with E-state index in [2.05, 4.69) is 30.7 Å². The molecule has 2 amide bonds. The van der Waals surface area contributed by atoms with E-state index in [0.29, 0.717) is 63.4 Å². The van der Waals surface area contributed by atoms with Gasteiger partial charge in [0, 0.05) is 58.7 Å². The number of aromatic nitrogens is 3. The summed E-state index contributed by atoms with van der Waals surface area (Å²) in [5.74, 6) is -0.350. The van der Waals surface area contributed by atoms with Crippen molar-refractivity contribution in [3.05, 3.63) is 127 Å². The summed E-state index contributed by atoms with van der Waals surface area (Å²) in [6.07, 6.45) is 4.63. The molecule has 0 atom stereocenters. The van der Waals surface area contributed by atoms with Crippen LogP contribution in [-0.4, -0.2) is 47.3 Å². The number of hydrogen-bond donors (Lipinski definition) is 3. The van der Waals surface area contributed by atoms with Gasteiger partial charge in [0.15, 0.2) is 0 Å². The summed E-state index contributed by atoms with van der Waals surface area (Å²) in [5.41, 5.74) is 3.82. The average molecular weight is 703 g/mol. The summed E-state index contributed by atoms with van der Waals surface area (Å²) in [5, 5.41) is 9.64. The van der Waals surface area contributed by atoms with Crippen molar-refractivity contribution in [2.75, 3.05) is 23.1 Å². The van der Waals surface area contributed by atoms with E-state index >= 15 is 0 Å². The number of anilines is 4. The summed E-state index contributed by atoms with van der Waals surface area (Å²) in [6.45, 7) is 0. The molecule has 0 aliphatic carbocycles. The minimum absolute atomic E-state index is 0.177. The van der Waals surface area contributed by atoms with Gasteiger partial charge in [-0.3, -0.25) is 14.4 Å². The number of nitrogens with zero attached hydrogens (tertiary/aromatic N) is 3. The Labute approximate surface area is 294 Å². The van der Waals surface area contributed by atoms with Gasteiger partial charge in [0.1, 0.15) is 12.1 Å². The first-order valence-corrected chi connectivity index (χ1v) is 17.5. The topological polar surface area (TPSA) is 161 Å². The quantitative estimate of drug-likeness (QED) is 0.0850. The number of methoxy groups -OCH3 is 1. The fourth-order valence-corrected chi connectivity index (χ4v) is 6.83. The van der Waals surface area contributed by atoms with Crippen molar-refractivity contribution < 1.29 is 27.5 Å². The van der Waals surface area contributed by atoms with Gasteiger partial charge in [-0.25, -0.2) is 22.4 Å². The molecule has 0 saturated heterocycles. The molecule has 3 N–H and O–H groups in total. The molecule has 6 rings (SSSR count). The molecule has 258 valence electrons. The zero-order chi connectivity index (χ0) is 35.8. The Morgan fingerprint density at radius 3 is 2.25 bits per heavy atom. The standard InChI is InChI=1S/C38H34N6O6S/c1-50-37(46)17-8-7-16-36(45)42-27-20-18-26(19-21-27)38(47)43-29-11-9-10-28(22-29)41-35-23-33(39-25-40-35)32-24-44(34-15-6-5-14-31(32)34)51(48,49)30-12-3-2-4-13-30/h2-6,9-15,18-25H,7-8,16-17H2,1H3,(H,42,45)(H,43,47)(H,39,40,41). The Morgan fingerprint density at radius 2 is 1.47 bits per heavy atom. The highest BCUT2D eigenvalue weighted by Crippen LogP contribution is 2.33. The number of para-hydroxylation sites is 1. The van der Waals surface area contributed by atoms with E-state index in [9.17, 15) is 22.8 Å². The van der Waals surface area contributed by atoms with E-state index in [1.165, 1.54) is 17.4 Å². The second-order valence-electron chi connectivity index (χ2n) is 11.5. The molecule has 51 heavy (non-hydrogen) atoms. The second-order valence-corrected chi connectivity index (χ2v) is 13.3. The van der Waals surface area contributed by atoms with Crippen LogP contribution in [0.4, 0.5) is 22.9 Å². The fraction of sp³-hybridized carbons (Fsp3) is 0.132. The zero-order valence-electron chi connectivity index (χ0n) is 27.6. The van der Waals surface area contributed by atoms with E-state index in [1.807, 2.05) is 18.2 Å². The second kappa shape index (κ2) is 15.5. The zero-order valence-corrected chi connectivity index (χ0v) is 28.4. The molecule has 0 radical (unpaired) electrons. The summed E-state index contributed by atoms with van der Waals surface area (Å²) in [4.78, 5) is 45.5. The van der Waals surface area contributed by atoms with Crippen LogP contribution >= 0.6 is 0 Å². The van der Waals surface area contributed by atoms with Gasteiger partial charge in [-0.2, -0.15) is 0 Å². The first kappa shape index (κ1) is 34.5. The molecular weight excluding hydrogens is 669 g/mol. The number of carbonyl (C=O) groups excluding carboxylic acids is 3. The molecule has 12 nitrogen and oxygen atoms in total. The number of carbonyl (C=O) groups is 3. The highest BCUT2D eigenvalue weighted by atomic mass is 32.2. The highest BCUT2D eigenvalue weighted by molar-refractivity contribution is 7.90. The van der Waals surface area contributed by atoms with Gasteiger partial charge < -0.3 is 20.7 Å². The largest absolute Gasteiger partial charge is 0.469 e. The lowest BCUT2D eigenvalue weighted by molar-refractivity contribution is -0.140. The molecule has 6 aromatic rings. The molecule has 2 heterocycles. The van der Waals surface area contributed by atoms with E-state index in [0.717, 1.165) is 0 Å². The molecule has 0 saturated carbocycles. The smallest absolute Gasteiger partial charge is 0.305 e. The summed E-state index contributed by atoms with van der Waals surface area (Å²) in [6, 6.07) is 30.9. The summed E-state index contributed by atoms with van der Waals surface area (Å²) in [7, 11) is -2.53. The van der Waals surface area contributed by atoms with Gasteiger partial charge in [-0.05, 0) is 73.5 Å². The summed E-state index contributed by atoms with van der Waals surface area (Å²) < 4.78 is 33.0. The van der Waals surface area contributed by atoms with E-state index in [-0.39, 0.29) is 35.5 Å². The number of esters is 1. The normalized spacial score (nSPS) is 11.2. The highest BCUT2D eigenvalue weighted by Gasteiger charge is 2.22. The maximum absolute atomic E-state index is 13.6. The average Bonchev–Trinajstić information content (AvgIpc) is 3.55. The van der Waals surface area contributed by atoms with Crippen LogP contribution in [0.3, 0.4) is 0 Å². The van der Waals surface area contributed by atoms with Crippen LogP contribution in [0, 0.1) is 0 Å². The number of amides is 2. The minimum atomic E-state index is -3.87. The van der Waals surface area contributed by atoms with Crippen LogP contribution < -0.4 is 16.0 Å². The number of benzene rings is 4. The van der Waals surface area contributed by atoms with Gasteiger partial charge in [-0.15, -0.1) is 0 Å². The van der Waals surface area contributed by atoms with E-state index < -0.39 is 10.0 Å². The third-order valence-electron chi connectivity index (χ3n) is 8.01. The van der Waals surface area contributed by atoms with Crippen molar-refractivity contribution in [1.82, 2.24) is 13.9 Å². The van der Waals surface area contributed by atoms with Crippen molar-refractivity contribution in [3.8, 4) is 11.3 Å². The molecule has 0 spiro atoms. The van der Waals surface area contributed by atoms with E-state index in [1.54, 1.807) is 97.2 Å². The van der Waals surface area contributed by atoms with Crippen LogP contribution in [0.2, 0.25) is 0 Å². The maximum atomic E-state index is 13.6. The van der Waals surface area contributed by atoms with Crippen LogP contribution in [0.25, 0.3) is 22.2 Å². The summed E-state index contributed by atoms with van der Waals surface area (Å²) >= 11 is 0. The molecule has 2 aromatic heterocycles. The Hall–Kier alpha value is -6.34. The van der Waals surface area contributed by atoms with Gasteiger partial charge in [0.25, 0.3) is 15.9 Å². The number of hydrogen-bond acceptors (Lipinski definition) is 9. The first-order valence-electron chi connectivity index (χ1n) is 16.1. The van der Waals surface area contributed by atoms with Crippen molar-refractivity contribution in [3.63, 3.8) is 0 Å². The number of rotatable bonds is 13. The van der Waals surface area contributed by atoms with Crippen LogP contribution in [0.15, 0.2) is 127 Å². The van der Waals surface area contributed by atoms with Crippen molar-refractivity contribution >= 4 is 61.6 Å². The lowest BCUT2D eigenvalue weighted by Crippen LogP contribution is -2.13. The van der Waals surface area contributed by atoms with Gasteiger partial charge in [-0.1, -0.05) is 42.5 Å². The van der Waals surface area contributed by atoms with Crippen LogP contribution in [-0.2, 0) is 24.3 Å². The predicted molar refractivity (Wildman–Crippen MR) is 195 cm³/mol. The Bertz CT molecular complexity index is 2310. The number of nitrogens with one attached hydrogen (secondary N) is 3. The lowest BCUT2D eigenvalue weighted by atomic mass is 10.1. The Kier molecular flexibility index (Phi) is 10.5. The maximum Gasteiger partial charge on any atom is 0.305 e. The van der Waals surface area contributed by atoms with Crippen molar-refractivity contribution in [2.24, 2.45) is 0 Å². The Balaban J connectivity index is 1.12. The minimum Gasteiger partial charge on any atom is -0.469 e. The molecule has 0 aliphatic rings. The lowest BCUT2D eigenvalue weighted by Gasteiger charge is -2.10. The first-order chi connectivity index (χ1) is 24.7. The molecule has 13 heteroatoms. The number of unbranched alkanes of at least 4 members (excludes halogenated alkanes) is 1. The van der Waals surface area contributed by atoms with Gasteiger partial charge in [0.05, 0.1) is 23.2 Å². The van der Waals surface area contributed by atoms with Crippen LogP contribution in [0.1, 0.15) is 36.0 Å². The monoisotopic (exact) mass is 702 g/mol. The van der Waals surface area contributed by atoms with Gasteiger partial charge in [0.2, 0.25) is 5.91 Å². The van der Waals surface area contributed by atoms with Gasteiger partial charge >= 0.3 is 5.97 Å². The SMILES string of the molecule is COC(=O)CCCCC(=O)Nc1ccc(C(=O)Nc2cccc(Nc3cc(-c4cn(S(=O)(=O)c5ccccc5)c5ccccc45)ncn3)c2)cc1.